The Kier molecular flexibility index (Phi) is 6.44. The highest BCUT2D eigenvalue weighted by atomic mass is 79.9. The number of ketones is 1. The molecule has 1 aromatic carbocycles. The molecule has 2 rings (SSSR count). The lowest BCUT2D eigenvalue weighted by molar-refractivity contribution is -0.149. The highest BCUT2D eigenvalue weighted by Crippen LogP contribution is 2.41. The number of nitriles is 1. The molecule has 0 bridgehead atoms. The van der Waals surface area contributed by atoms with Gasteiger partial charge in [0.15, 0.2) is 21.2 Å². The number of ether oxygens (including phenoxy) is 1. The lowest BCUT2D eigenvalue weighted by Crippen LogP contribution is -2.45. The first-order valence-electron chi connectivity index (χ1n) is 8.23. The number of hydrogen-bond acceptors (Lipinski definition) is 7. The first kappa shape index (κ1) is 21.1. The number of nitrogens with two attached hydrogens (primary N) is 1. The van der Waals surface area contributed by atoms with Crippen LogP contribution in [-0.2, 0) is 24.2 Å². The van der Waals surface area contributed by atoms with Crippen molar-refractivity contribution in [1.29, 1.82) is 5.26 Å². The molecule has 7 nitrogen and oxygen atoms in total. The lowest BCUT2D eigenvalue weighted by Gasteiger charge is -2.26. The number of Topliss-reactive ketones (excluding diaryl/α,β-unsaturated/α-hetero) is 1. The maximum absolute atomic E-state index is 13.2. The minimum Gasteiger partial charge on any atom is -0.456 e. The van der Waals surface area contributed by atoms with Crippen LogP contribution in [0.3, 0.4) is 0 Å². The Hall–Kier alpha value is -2.18. The average Bonchev–Trinajstić information content (AvgIpc) is 3.12. The molecule has 9 heteroatoms. The summed E-state index contributed by atoms with van der Waals surface area (Å²) in [6.07, 6.45) is 1.36. The Labute approximate surface area is 166 Å². The van der Waals surface area contributed by atoms with Crippen molar-refractivity contribution in [2.75, 3.05) is 6.61 Å². The monoisotopic (exact) mass is 454 g/mol. The number of carbonyl (C=O) groups is 2. The summed E-state index contributed by atoms with van der Waals surface area (Å²) in [6.45, 7) is 0.655. The van der Waals surface area contributed by atoms with Gasteiger partial charge in [-0.2, -0.15) is 5.26 Å². The van der Waals surface area contributed by atoms with Crippen LogP contribution >= 0.6 is 15.9 Å². The number of rotatable bonds is 6. The number of nitrogens with zero attached hydrogens (tertiary/aromatic N) is 1. The Balaban J connectivity index is 2.30. The topological polar surface area (TPSA) is 127 Å². The smallest absolute Gasteiger partial charge is 0.328 e. The molecule has 27 heavy (non-hydrogen) atoms. The predicted octanol–water partition coefficient (Wildman–Crippen LogP) is 2.40. The van der Waals surface area contributed by atoms with Crippen molar-refractivity contribution in [3.05, 3.63) is 40.0 Å². The van der Waals surface area contributed by atoms with Gasteiger partial charge in [0.05, 0.1) is 4.90 Å². The quantitative estimate of drug-likeness (QED) is 0.396. The van der Waals surface area contributed by atoms with Crippen LogP contribution in [0.5, 0.6) is 0 Å². The molecule has 0 spiro atoms. The average molecular weight is 455 g/mol. The third-order valence-corrected chi connectivity index (χ3v) is 7.57. The van der Waals surface area contributed by atoms with Gasteiger partial charge in [-0.05, 0) is 44.0 Å². The van der Waals surface area contributed by atoms with Crippen LogP contribution in [0.15, 0.2) is 44.9 Å². The standard InChI is InChI=1S/C18H19BrN2O5S/c1-12(21)15(10-20)16(22)11-26-17(23)18(8-2-3-9-18)27(24,25)14-6-4-13(19)5-7-14/h4-7H,2-3,8-9,11,21H2,1H3/b15-12-. The van der Waals surface area contributed by atoms with Crippen molar-refractivity contribution in [1.82, 2.24) is 0 Å². The first-order valence-corrected chi connectivity index (χ1v) is 10.5. The summed E-state index contributed by atoms with van der Waals surface area (Å²) in [4.78, 5) is 24.8. The van der Waals surface area contributed by atoms with E-state index in [0.717, 1.165) is 0 Å². The maximum atomic E-state index is 13.2. The third-order valence-electron chi connectivity index (χ3n) is 4.54. The number of sulfone groups is 1. The van der Waals surface area contributed by atoms with Crippen LogP contribution in [0.1, 0.15) is 32.6 Å². The minimum absolute atomic E-state index is 0.0108. The van der Waals surface area contributed by atoms with Crippen LogP contribution in [0.2, 0.25) is 0 Å². The summed E-state index contributed by atoms with van der Waals surface area (Å²) in [7, 11) is -4.01. The van der Waals surface area contributed by atoms with E-state index in [0.29, 0.717) is 17.3 Å². The van der Waals surface area contributed by atoms with Gasteiger partial charge in [0.1, 0.15) is 11.6 Å². The molecule has 0 aliphatic heterocycles. The SMILES string of the molecule is C/C(N)=C(\C#N)C(=O)COC(=O)C1(S(=O)(=O)c2ccc(Br)cc2)CCCC1. The molecule has 1 aliphatic rings. The van der Waals surface area contributed by atoms with E-state index in [1.165, 1.54) is 19.1 Å². The second kappa shape index (κ2) is 8.23. The van der Waals surface area contributed by atoms with E-state index in [1.807, 2.05) is 0 Å². The second-order valence-corrected chi connectivity index (χ2v) is 9.50. The van der Waals surface area contributed by atoms with Crippen molar-refractivity contribution in [3.63, 3.8) is 0 Å². The first-order chi connectivity index (χ1) is 12.7. The van der Waals surface area contributed by atoms with Crippen molar-refractivity contribution in [2.24, 2.45) is 5.73 Å². The van der Waals surface area contributed by atoms with E-state index in [-0.39, 0.29) is 29.0 Å². The van der Waals surface area contributed by atoms with Gasteiger partial charge in [0, 0.05) is 10.2 Å². The Morgan fingerprint density at radius 2 is 1.81 bits per heavy atom. The van der Waals surface area contributed by atoms with Crippen molar-refractivity contribution >= 4 is 37.5 Å². The minimum atomic E-state index is -4.01. The van der Waals surface area contributed by atoms with E-state index >= 15 is 0 Å². The Bertz CT molecular complexity index is 919. The molecule has 1 fully saturated rings. The summed E-state index contributed by atoms with van der Waals surface area (Å²) >= 11 is 3.25. The van der Waals surface area contributed by atoms with Crippen LogP contribution < -0.4 is 5.73 Å². The Morgan fingerprint density at radius 1 is 1.26 bits per heavy atom. The van der Waals surface area contributed by atoms with Gasteiger partial charge in [-0.1, -0.05) is 28.8 Å². The molecule has 0 saturated heterocycles. The second-order valence-electron chi connectivity index (χ2n) is 6.33. The van der Waals surface area contributed by atoms with Gasteiger partial charge >= 0.3 is 5.97 Å². The van der Waals surface area contributed by atoms with Gasteiger partial charge < -0.3 is 10.5 Å². The van der Waals surface area contributed by atoms with Crippen molar-refractivity contribution in [2.45, 2.75) is 42.2 Å². The number of esters is 1. The van der Waals surface area contributed by atoms with E-state index in [4.69, 9.17) is 15.7 Å². The van der Waals surface area contributed by atoms with Crippen LogP contribution in [-0.4, -0.2) is 31.5 Å². The molecule has 144 valence electrons. The summed E-state index contributed by atoms with van der Waals surface area (Å²) in [5.74, 6) is -1.73. The molecule has 1 aromatic rings. The van der Waals surface area contributed by atoms with E-state index in [9.17, 15) is 18.0 Å². The Morgan fingerprint density at radius 3 is 2.30 bits per heavy atom. The fourth-order valence-corrected chi connectivity index (χ4v) is 5.39. The van der Waals surface area contributed by atoms with Crippen molar-refractivity contribution < 1.29 is 22.7 Å². The molecule has 0 aromatic heterocycles. The van der Waals surface area contributed by atoms with Crippen LogP contribution in [0.25, 0.3) is 0 Å². The number of carbonyl (C=O) groups excluding carboxylic acids is 2. The largest absolute Gasteiger partial charge is 0.456 e. The number of benzene rings is 1. The van der Waals surface area contributed by atoms with Gasteiger partial charge in [-0.3, -0.25) is 9.59 Å². The fraction of sp³-hybridized carbons (Fsp3) is 0.389. The van der Waals surface area contributed by atoms with E-state index in [2.05, 4.69) is 15.9 Å². The summed E-state index contributed by atoms with van der Waals surface area (Å²) in [5.41, 5.74) is 5.16. The molecule has 0 unspecified atom stereocenters. The summed E-state index contributed by atoms with van der Waals surface area (Å²) in [6, 6.07) is 7.67. The zero-order valence-corrected chi connectivity index (χ0v) is 17.1. The number of halogens is 1. The molecule has 0 heterocycles. The molecular formula is C18H19BrN2O5S. The van der Waals surface area contributed by atoms with Gasteiger partial charge in [-0.25, -0.2) is 8.42 Å². The molecule has 0 radical (unpaired) electrons. The number of hydrogen-bond donors (Lipinski definition) is 1. The number of allylic oxidation sites excluding steroid dienone is 1. The van der Waals surface area contributed by atoms with E-state index < -0.39 is 32.9 Å². The molecule has 1 aliphatic carbocycles. The predicted molar refractivity (Wildman–Crippen MR) is 101 cm³/mol. The summed E-state index contributed by atoms with van der Waals surface area (Å²) in [5, 5.41) is 8.95. The van der Waals surface area contributed by atoms with Crippen molar-refractivity contribution in [3.8, 4) is 6.07 Å². The van der Waals surface area contributed by atoms with Crippen LogP contribution in [0.4, 0.5) is 0 Å². The normalized spacial score (nSPS) is 16.9. The molecule has 0 amide bonds. The zero-order valence-electron chi connectivity index (χ0n) is 14.7. The van der Waals surface area contributed by atoms with Gasteiger partial charge in [0.2, 0.25) is 5.78 Å². The molecule has 1 saturated carbocycles. The molecular weight excluding hydrogens is 436 g/mol. The highest BCUT2D eigenvalue weighted by Gasteiger charge is 2.54. The lowest BCUT2D eigenvalue weighted by atomic mass is 10.1. The third kappa shape index (κ3) is 4.06. The highest BCUT2D eigenvalue weighted by molar-refractivity contribution is 9.10. The fourth-order valence-electron chi connectivity index (χ4n) is 3.07. The zero-order chi connectivity index (χ0) is 20.2. The van der Waals surface area contributed by atoms with Gasteiger partial charge in [-0.15, -0.1) is 0 Å². The maximum Gasteiger partial charge on any atom is 0.328 e. The van der Waals surface area contributed by atoms with Crippen LogP contribution in [0, 0.1) is 11.3 Å². The van der Waals surface area contributed by atoms with Gasteiger partial charge in [0.25, 0.3) is 0 Å². The summed E-state index contributed by atoms with van der Waals surface area (Å²) < 4.78 is 30.4. The molecule has 2 N–H and O–H groups in total. The van der Waals surface area contributed by atoms with E-state index in [1.54, 1.807) is 18.2 Å². The molecule has 0 atom stereocenters.